The number of carbonyl (C=O) groups is 1. The Labute approximate surface area is 123 Å². The number of aryl methyl sites for hydroxylation is 1. The highest BCUT2D eigenvalue weighted by atomic mass is 16.5. The largest absolute Gasteiger partial charge is 0.463 e. The molecule has 0 aliphatic carbocycles. The molecule has 1 aliphatic heterocycles. The van der Waals surface area contributed by atoms with E-state index in [1.54, 1.807) is 0 Å². The molecule has 0 aromatic carbocycles. The Hall–Kier alpha value is -2.01. The fourth-order valence-electron chi connectivity index (χ4n) is 3.04. The number of carbonyl (C=O) groups excluding carboxylic acids is 1. The van der Waals surface area contributed by atoms with E-state index in [4.69, 9.17) is 9.15 Å². The summed E-state index contributed by atoms with van der Waals surface area (Å²) in [6.45, 7) is 3.62. The first kappa shape index (κ1) is 13.9. The van der Waals surface area contributed by atoms with Crippen molar-refractivity contribution in [3.8, 4) is 0 Å². The minimum absolute atomic E-state index is 0.308. The number of likely N-dealkylation sites (tertiary alicyclic amines) is 1. The van der Waals surface area contributed by atoms with Crippen LogP contribution in [0.2, 0.25) is 0 Å². The molecule has 1 N–H and O–H groups in total. The summed E-state index contributed by atoms with van der Waals surface area (Å²) in [5.74, 6) is 0.704. The molecule has 0 unspecified atom stereocenters. The third-order valence-electron chi connectivity index (χ3n) is 4.04. The summed E-state index contributed by atoms with van der Waals surface area (Å²) >= 11 is 0. The van der Waals surface area contributed by atoms with Crippen LogP contribution in [0, 0.1) is 6.92 Å². The van der Waals surface area contributed by atoms with Gasteiger partial charge in [-0.15, -0.1) is 0 Å². The SMILES string of the molecule is COC(=O)c1oc(CN2CCC[C@H]2c2ccc[nH]2)cc1C. The zero-order valence-electron chi connectivity index (χ0n) is 12.4. The second-order valence-electron chi connectivity index (χ2n) is 5.47. The van der Waals surface area contributed by atoms with E-state index in [-0.39, 0.29) is 0 Å². The summed E-state index contributed by atoms with van der Waals surface area (Å²) in [5.41, 5.74) is 2.07. The number of hydrogen-bond donors (Lipinski definition) is 1. The molecule has 1 aliphatic rings. The molecule has 5 heteroatoms. The minimum Gasteiger partial charge on any atom is -0.463 e. The zero-order valence-corrected chi connectivity index (χ0v) is 12.4. The van der Waals surface area contributed by atoms with Crippen molar-refractivity contribution >= 4 is 5.97 Å². The van der Waals surface area contributed by atoms with Gasteiger partial charge in [-0.2, -0.15) is 0 Å². The number of nitrogens with zero attached hydrogens (tertiary/aromatic N) is 1. The van der Waals surface area contributed by atoms with Gasteiger partial charge >= 0.3 is 5.97 Å². The van der Waals surface area contributed by atoms with E-state index in [0.717, 1.165) is 24.3 Å². The van der Waals surface area contributed by atoms with Gasteiger partial charge in [0.05, 0.1) is 19.7 Å². The second kappa shape index (κ2) is 5.77. The number of H-pyrrole nitrogens is 1. The predicted molar refractivity (Wildman–Crippen MR) is 78.0 cm³/mol. The summed E-state index contributed by atoms with van der Waals surface area (Å²) in [4.78, 5) is 17.3. The van der Waals surface area contributed by atoms with Crippen LogP contribution in [0.3, 0.4) is 0 Å². The molecular formula is C16H20N2O3. The number of nitrogens with one attached hydrogen (secondary N) is 1. The van der Waals surface area contributed by atoms with Crippen molar-refractivity contribution in [2.75, 3.05) is 13.7 Å². The van der Waals surface area contributed by atoms with E-state index in [0.29, 0.717) is 18.3 Å². The minimum atomic E-state index is -0.416. The Morgan fingerprint density at radius 1 is 1.57 bits per heavy atom. The summed E-state index contributed by atoms with van der Waals surface area (Å²) in [5, 5.41) is 0. The number of ether oxygens (including phenoxy) is 1. The predicted octanol–water partition coefficient (Wildman–Crippen LogP) is 3.04. The van der Waals surface area contributed by atoms with E-state index in [9.17, 15) is 4.79 Å². The average molecular weight is 288 g/mol. The highest BCUT2D eigenvalue weighted by Crippen LogP contribution is 2.32. The first-order valence-corrected chi connectivity index (χ1v) is 7.24. The van der Waals surface area contributed by atoms with Crippen LogP contribution in [0.15, 0.2) is 28.8 Å². The van der Waals surface area contributed by atoms with Crippen molar-refractivity contribution in [3.05, 3.63) is 47.2 Å². The maximum absolute atomic E-state index is 11.6. The van der Waals surface area contributed by atoms with Crippen LogP contribution in [0.1, 0.15) is 46.5 Å². The standard InChI is InChI=1S/C16H20N2O3/c1-11-9-12(21-15(11)16(19)20-2)10-18-8-4-6-14(18)13-5-3-7-17-13/h3,5,7,9,14,17H,4,6,8,10H2,1-2H3/t14-/m0/s1. The smallest absolute Gasteiger partial charge is 0.374 e. The summed E-state index contributed by atoms with van der Waals surface area (Å²) in [6, 6.07) is 6.47. The molecule has 0 amide bonds. The molecule has 2 aromatic rings. The molecule has 21 heavy (non-hydrogen) atoms. The van der Waals surface area contributed by atoms with Crippen LogP contribution in [0.25, 0.3) is 0 Å². The number of hydrogen-bond acceptors (Lipinski definition) is 4. The van der Waals surface area contributed by atoms with Crippen molar-refractivity contribution < 1.29 is 13.9 Å². The molecule has 2 aromatic heterocycles. The first-order chi connectivity index (χ1) is 10.2. The van der Waals surface area contributed by atoms with Crippen LogP contribution in [0.5, 0.6) is 0 Å². The topological polar surface area (TPSA) is 58.5 Å². The lowest BCUT2D eigenvalue weighted by molar-refractivity contribution is 0.0559. The number of esters is 1. The van der Waals surface area contributed by atoms with E-state index < -0.39 is 5.97 Å². The summed E-state index contributed by atoms with van der Waals surface area (Å²) in [7, 11) is 1.37. The van der Waals surface area contributed by atoms with E-state index in [2.05, 4.69) is 16.0 Å². The third kappa shape index (κ3) is 2.74. The van der Waals surface area contributed by atoms with Gasteiger partial charge in [0.15, 0.2) is 0 Å². The lowest BCUT2D eigenvalue weighted by atomic mass is 10.1. The quantitative estimate of drug-likeness (QED) is 0.879. The molecule has 0 bridgehead atoms. The van der Waals surface area contributed by atoms with Crippen molar-refractivity contribution in [3.63, 3.8) is 0 Å². The summed E-state index contributed by atoms with van der Waals surface area (Å²) < 4.78 is 10.4. The van der Waals surface area contributed by atoms with Crippen LogP contribution < -0.4 is 0 Å². The highest BCUT2D eigenvalue weighted by molar-refractivity contribution is 5.87. The lowest BCUT2D eigenvalue weighted by Crippen LogP contribution is -2.22. The van der Waals surface area contributed by atoms with Gasteiger partial charge in [-0.1, -0.05) is 0 Å². The van der Waals surface area contributed by atoms with Gasteiger partial charge in [-0.05, 0) is 44.5 Å². The fourth-order valence-corrected chi connectivity index (χ4v) is 3.04. The van der Waals surface area contributed by atoms with E-state index >= 15 is 0 Å². The Bertz CT molecular complexity index is 616. The van der Waals surface area contributed by atoms with E-state index in [1.807, 2.05) is 25.3 Å². The fraction of sp³-hybridized carbons (Fsp3) is 0.438. The maximum atomic E-state index is 11.6. The highest BCUT2D eigenvalue weighted by Gasteiger charge is 2.28. The molecule has 3 heterocycles. The normalized spacial score (nSPS) is 19.0. The van der Waals surface area contributed by atoms with Crippen molar-refractivity contribution in [2.45, 2.75) is 32.4 Å². The van der Waals surface area contributed by atoms with Gasteiger partial charge < -0.3 is 14.1 Å². The Morgan fingerprint density at radius 2 is 2.43 bits per heavy atom. The molecule has 1 saturated heterocycles. The van der Waals surface area contributed by atoms with Crippen LogP contribution in [0.4, 0.5) is 0 Å². The molecule has 0 spiro atoms. The van der Waals surface area contributed by atoms with Gasteiger partial charge in [0.2, 0.25) is 5.76 Å². The molecular weight excluding hydrogens is 268 g/mol. The molecule has 5 nitrogen and oxygen atoms in total. The van der Waals surface area contributed by atoms with Crippen LogP contribution in [-0.4, -0.2) is 29.5 Å². The van der Waals surface area contributed by atoms with Crippen molar-refractivity contribution in [1.82, 2.24) is 9.88 Å². The van der Waals surface area contributed by atoms with Gasteiger partial charge in [0, 0.05) is 17.5 Å². The summed E-state index contributed by atoms with van der Waals surface area (Å²) in [6.07, 6.45) is 4.27. The first-order valence-electron chi connectivity index (χ1n) is 7.24. The Morgan fingerprint density at radius 3 is 3.14 bits per heavy atom. The third-order valence-corrected chi connectivity index (χ3v) is 4.04. The molecule has 1 atom stereocenters. The zero-order chi connectivity index (χ0) is 14.8. The van der Waals surface area contributed by atoms with Gasteiger partial charge in [-0.3, -0.25) is 4.90 Å². The number of furan rings is 1. The van der Waals surface area contributed by atoms with E-state index in [1.165, 1.54) is 19.2 Å². The maximum Gasteiger partial charge on any atom is 0.374 e. The molecule has 0 radical (unpaired) electrons. The molecule has 112 valence electrons. The average Bonchev–Trinajstić information content (AvgIpc) is 3.18. The molecule has 0 saturated carbocycles. The number of aromatic amines is 1. The Balaban J connectivity index is 1.75. The van der Waals surface area contributed by atoms with Crippen molar-refractivity contribution in [2.24, 2.45) is 0 Å². The monoisotopic (exact) mass is 288 g/mol. The van der Waals surface area contributed by atoms with Crippen LogP contribution in [-0.2, 0) is 11.3 Å². The molecule has 1 fully saturated rings. The Kier molecular flexibility index (Phi) is 3.84. The lowest BCUT2D eigenvalue weighted by Gasteiger charge is -2.22. The number of methoxy groups -OCH3 is 1. The number of aromatic nitrogens is 1. The van der Waals surface area contributed by atoms with Crippen molar-refractivity contribution in [1.29, 1.82) is 0 Å². The molecule has 3 rings (SSSR count). The van der Waals surface area contributed by atoms with Crippen LogP contribution >= 0.6 is 0 Å². The second-order valence-corrected chi connectivity index (χ2v) is 5.47. The van der Waals surface area contributed by atoms with Gasteiger partial charge in [0.1, 0.15) is 5.76 Å². The van der Waals surface area contributed by atoms with Gasteiger partial charge in [-0.25, -0.2) is 4.79 Å². The number of rotatable bonds is 4. The van der Waals surface area contributed by atoms with Gasteiger partial charge in [0.25, 0.3) is 0 Å².